The Balaban J connectivity index is 1.92. The number of ether oxygens (including phenoxy) is 1. The highest BCUT2D eigenvalue weighted by molar-refractivity contribution is 7.99. The minimum absolute atomic E-state index is 0.199. The zero-order chi connectivity index (χ0) is 17.0. The number of hydrogen-bond donors (Lipinski definition) is 1. The largest absolute Gasteiger partial charge is 0.391 e. The number of hydrogen-bond acceptors (Lipinski definition) is 6. The fourth-order valence-corrected chi connectivity index (χ4v) is 4.02. The van der Waals surface area contributed by atoms with Gasteiger partial charge in [0.2, 0.25) is 0 Å². The molecule has 5 nitrogen and oxygen atoms in total. The molecule has 6 heteroatoms. The van der Waals surface area contributed by atoms with E-state index in [0.29, 0.717) is 22.9 Å². The third-order valence-corrected chi connectivity index (χ3v) is 4.92. The fraction of sp³-hybridized carbons (Fsp3) is 0.647. The lowest BCUT2D eigenvalue weighted by molar-refractivity contribution is -0.0750. The molecule has 0 amide bonds. The summed E-state index contributed by atoms with van der Waals surface area (Å²) >= 11 is 1.46. The quantitative estimate of drug-likeness (QED) is 0.832. The highest BCUT2D eigenvalue weighted by atomic mass is 32.2. The maximum absolute atomic E-state index is 10.3. The molecule has 1 aromatic rings. The smallest absolute Gasteiger partial charge is 0.114 e. The summed E-state index contributed by atoms with van der Waals surface area (Å²) in [5.74, 6) is 0.532. The van der Waals surface area contributed by atoms with Gasteiger partial charge in [-0.25, -0.2) is 4.98 Å². The van der Waals surface area contributed by atoms with Crippen molar-refractivity contribution in [3.63, 3.8) is 0 Å². The fourth-order valence-electron chi connectivity index (χ4n) is 3.00. The van der Waals surface area contributed by atoms with Crippen molar-refractivity contribution in [2.75, 3.05) is 25.4 Å². The number of morpholine rings is 1. The Kier molecular flexibility index (Phi) is 6.42. The highest BCUT2D eigenvalue weighted by Crippen LogP contribution is 2.24. The summed E-state index contributed by atoms with van der Waals surface area (Å²) in [7, 11) is 0. The molecule has 1 aliphatic heterocycles. The second kappa shape index (κ2) is 8.11. The van der Waals surface area contributed by atoms with Gasteiger partial charge in [0.05, 0.1) is 23.9 Å². The van der Waals surface area contributed by atoms with Crippen molar-refractivity contribution in [2.45, 2.75) is 51.0 Å². The van der Waals surface area contributed by atoms with Crippen LogP contribution in [-0.2, 0) is 4.74 Å². The van der Waals surface area contributed by atoms with Crippen LogP contribution >= 0.6 is 11.8 Å². The first-order valence-electron chi connectivity index (χ1n) is 7.96. The Morgan fingerprint density at radius 2 is 2.09 bits per heavy atom. The van der Waals surface area contributed by atoms with Crippen molar-refractivity contribution in [2.24, 2.45) is 0 Å². The maximum atomic E-state index is 10.3. The Morgan fingerprint density at radius 1 is 1.43 bits per heavy atom. The summed E-state index contributed by atoms with van der Waals surface area (Å²) in [6.45, 7) is 10.3. The number of aliphatic hydroxyl groups is 1. The molecule has 0 unspecified atom stereocenters. The molecule has 1 N–H and O–H groups in total. The lowest BCUT2D eigenvalue weighted by atomic mass is 10.1. The van der Waals surface area contributed by atoms with E-state index in [-0.39, 0.29) is 12.2 Å². The number of pyridine rings is 1. The van der Waals surface area contributed by atoms with E-state index in [1.165, 1.54) is 11.8 Å². The average Bonchev–Trinajstić information content (AvgIpc) is 2.43. The molecule has 1 aromatic heterocycles. The molecule has 23 heavy (non-hydrogen) atoms. The summed E-state index contributed by atoms with van der Waals surface area (Å²) in [5.41, 5.74) is 2.45. The van der Waals surface area contributed by atoms with E-state index in [1.54, 1.807) is 0 Å². The predicted molar refractivity (Wildman–Crippen MR) is 91.6 cm³/mol. The topological polar surface area (TPSA) is 69.4 Å². The highest BCUT2D eigenvalue weighted by Gasteiger charge is 2.24. The molecular weight excluding hydrogens is 310 g/mol. The molecule has 0 aliphatic carbocycles. The Bertz CT molecular complexity index is 578. The summed E-state index contributed by atoms with van der Waals surface area (Å²) in [6.07, 6.45) is -0.0542. The minimum atomic E-state index is -0.452. The van der Waals surface area contributed by atoms with Gasteiger partial charge in [-0.05, 0) is 39.3 Å². The van der Waals surface area contributed by atoms with E-state index in [0.717, 1.165) is 24.3 Å². The number of β-amino-alcohol motifs (C(OH)–C–C–N with tert-alkyl or cyclic N) is 1. The van der Waals surface area contributed by atoms with Crippen LogP contribution in [0.5, 0.6) is 0 Å². The first-order valence-corrected chi connectivity index (χ1v) is 8.94. The van der Waals surface area contributed by atoms with Crippen LogP contribution < -0.4 is 0 Å². The summed E-state index contributed by atoms with van der Waals surface area (Å²) in [6, 6.07) is 4.13. The van der Waals surface area contributed by atoms with E-state index < -0.39 is 6.10 Å². The van der Waals surface area contributed by atoms with Crippen molar-refractivity contribution in [1.82, 2.24) is 9.88 Å². The second-order valence-electron chi connectivity index (χ2n) is 6.31. The molecule has 0 aromatic carbocycles. The molecule has 0 bridgehead atoms. The van der Waals surface area contributed by atoms with E-state index in [2.05, 4.69) is 29.8 Å². The molecular formula is C17H25N3O2S. The normalized spacial score (nSPS) is 23.5. The van der Waals surface area contributed by atoms with Gasteiger partial charge in [-0.15, -0.1) is 11.8 Å². The second-order valence-corrected chi connectivity index (χ2v) is 7.32. The summed E-state index contributed by atoms with van der Waals surface area (Å²) < 4.78 is 5.71. The van der Waals surface area contributed by atoms with Crippen LogP contribution in [0.15, 0.2) is 11.1 Å². The number of rotatable bonds is 5. The molecule has 1 aliphatic rings. The van der Waals surface area contributed by atoms with Gasteiger partial charge >= 0.3 is 0 Å². The molecule has 1 saturated heterocycles. The number of thioether (sulfide) groups is 1. The zero-order valence-electron chi connectivity index (χ0n) is 14.2. The van der Waals surface area contributed by atoms with E-state index >= 15 is 0 Å². The van der Waals surface area contributed by atoms with Gasteiger partial charge in [-0.2, -0.15) is 5.26 Å². The molecule has 2 rings (SSSR count). The number of aromatic nitrogens is 1. The van der Waals surface area contributed by atoms with E-state index in [4.69, 9.17) is 4.74 Å². The van der Waals surface area contributed by atoms with E-state index in [9.17, 15) is 10.4 Å². The Hall–Kier alpha value is -1.13. The molecule has 1 fully saturated rings. The first kappa shape index (κ1) is 18.2. The van der Waals surface area contributed by atoms with Crippen molar-refractivity contribution in [3.05, 3.63) is 22.9 Å². The lowest BCUT2D eigenvalue weighted by Crippen LogP contribution is -2.48. The molecule has 2 heterocycles. The monoisotopic (exact) mass is 335 g/mol. The first-order chi connectivity index (χ1) is 10.9. The van der Waals surface area contributed by atoms with Gasteiger partial charge in [-0.1, -0.05) is 0 Å². The van der Waals surface area contributed by atoms with Gasteiger partial charge in [0.1, 0.15) is 11.1 Å². The third-order valence-electron chi connectivity index (χ3n) is 3.80. The minimum Gasteiger partial charge on any atom is -0.391 e. The van der Waals surface area contributed by atoms with Crippen LogP contribution in [0.25, 0.3) is 0 Å². The summed E-state index contributed by atoms with van der Waals surface area (Å²) in [5, 5.41) is 20.3. The van der Waals surface area contributed by atoms with Crippen LogP contribution in [0.3, 0.4) is 0 Å². The molecule has 0 spiro atoms. The number of nitriles is 1. The maximum Gasteiger partial charge on any atom is 0.114 e. The SMILES string of the molecule is Cc1cc(C)c(C#N)c(SC[C@H](O)CN2C[C@@H](C)O[C@@H](C)C2)n1. The number of aryl methyl sites for hydroxylation is 2. The number of nitrogens with zero attached hydrogens (tertiary/aromatic N) is 3. The predicted octanol–water partition coefficient (Wildman–Crippen LogP) is 2.13. The van der Waals surface area contributed by atoms with Gasteiger partial charge in [0.25, 0.3) is 0 Å². The Morgan fingerprint density at radius 3 is 2.70 bits per heavy atom. The number of aliphatic hydroxyl groups excluding tert-OH is 1. The lowest BCUT2D eigenvalue weighted by Gasteiger charge is -2.36. The molecule has 0 saturated carbocycles. The van der Waals surface area contributed by atoms with Gasteiger partial charge in [0.15, 0.2) is 0 Å². The van der Waals surface area contributed by atoms with Crippen LogP contribution in [0.1, 0.15) is 30.7 Å². The van der Waals surface area contributed by atoms with E-state index in [1.807, 2.05) is 19.9 Å². The van der Waals surface area contributed by atoms with Crippen molar-refractivity contribution < 1.29 is 9.84 Å². The Labute approximate surface area is 142 Å². The van der Waals surface area contributed by atoms with Crippen molar-refractivity contribution in [1.29, 1.82) is 5.26 Å². The van der Waals surface area contributed by atoms with Crippen molar-refractivity contribution in [3.8, 4) is 6.07 Å². The van der Waals surface area contributed by atoms with Gasteiger partial charge < -0.3 is 9.84 Å². The molecule has 126 valence electrons. The van der Waals surface area contributed by atoms with Crippen LogP contribution in [0.4, 0.5) is 0 Å². The van der Waals surface area contributed by atoms with Crippen molar-refractivity contribution >= 4 is 11.8 Å². The average molecular weight is 335 g/mol. The zero-order valence-corrected chi connectivity index (χ0v) is 15.1. The van der Waals surface area contributed by atoms with Crippen LogP contribution in [-0.4, -0.2) is 58.7 Å². The van der Waals surface area contributed by atoms with Crippen LogP contribution in [0, 0.1) is 25.2 Å². The van der Waals surface area contributed by atoms with Gasteiger partial charge in [0, 0.05) is 31.1 Å². The van der Waals surface area contributed by atoms with Gasteiger partial charge in [-0.3, -0.25) is 4.90 Å². The van der Waals surface area contributed by atoms with Crippen LogP contribution in [0.2, 0.25) is 0 Å². The molecule has 3 atom stereocenters. The third kappa shape index (κ3) is 5.18. The molecule has 0 radical (unpaired) electrons. The standard InChI is InChI=1S/C17H25N3O2S/c1-11-5-12(2)19-17(16(11)6-18)23-10-15(21)9-20-7-13(3)22-14(4)8-20/h5,13-15,21H,7-10H2,1-4H3/t13-,14+,15-/m1/s1. The summed E-state index contributed by atoms with van der Waals surface area (Å²) in [4.78, 5) is 6.68.